The lowest BCUT2D eigenvalue weighted by Gasteiger charge is -2.13. The summed E-state index contributed by atoms with van der Waals surface area (Å²) >= 11 is 12.3. The number of para-hydroxylation sites is 1. The molecule has 3 aromatic carbocycles. The third-order valence-electron chi connectivity index (χ3n) is 4.68. The summed E-state index contributed by atoms with van der Waals surface area (Å²) in [5, 5.41) is 2.94. The van der Waals surface area contributed by atoms with Crippen LogP contribution in [0.2, 0.25) is 10.0 Å². The van der Waals surface area contributed by atoms with E-state index >= 15 is 0 Å². The molecule has 0 unspecified atom stereocenters. The van der Waals surface area contributed by atoms with E-state index in [1.807, 2.05) is 19.1 Å². The predicted octanol–water partition coefficient (Wildman–Crippen LogP) is 6.23. The SMILES string of the molecule is Cc1ccc(-c2oc3c(Cl)cc(Cl)cc3c(=O)c2OCC(=O)Nc2ccccc2F)cc1. The van der Waals surface area contributed by atoms with Crippen molar-refractivity contribution >= 4 is 45.8 Å². The molecule has 5 nitrogen and oxygen atoms in total. The Kier molecular flexibility index (Phi) is 6.17. The number of amides is 1. The van der Waals surface area contributed by atoms with Crippen LogP contribution < -0.4 is 15.5 Å². The van der Waals surface area contributed by atoms with Crippen molar-refractivity contribution in [1.82, 2.24) is 0 Å². The van der Waals surface area contributed by atoms with Crippen LogP contribution in [0, 0.1) is 12.7 Å². The first kappa shape index (κ1) is 21.9. The third kappa shape index (κ3) is 4.47. The van der Waals surface area contributed by atoms with Crippen molar-refractivity contribution in [2.45, 2.75) is 6.92 Å². The minimum absolute atomic E-state index is 0.00367. The minimum atomic E-state index is -0.645. The Bertz CT molecular complexity index is 1380. The molecular formula is C24H16Cl2FNO4. The fourth-order valence-electron chi connectivity index (χ4n) is 3.12. The zero-order valence-electron chi connectivity index (χ0n) is 16.7. The molecule has 32 heavy (non-hydrogen) atoms. The van der Waals surface area contributed by atoms with Crippen molar-refractivity contribution in [2.75, 3.05) is 11.9 Å². The summed E-state index contributed by atoms with van der Waals surface area (Å²) < 4.78 is 25.3. The highest BCUT2D eigenvalue weighted by Crippen LogP contribution is 2.35. The average molecular weight is 472 g/mol. The molecule has 0 bridgehead atoms. The molecule has 8 heteroatoms. The summed E-state index contributed by atoms with van der Waals surface area (Å²) in [4.78, 5) is 25.6. The number of nitrogens with one attached hydrogen (secondary N) is 1. The van der Waals surface area contributed by atoms with Gasteiger partial charge >= 0.3 is 0 Å². The molecule has 0 aliphatic carbocycles. The highest BCUT2D eigenvalue weighted by molar-refractivity contribution is 6.38. The zero-order chi connectivity index (χ0) is 22.8. The maximum Gasteiger partial charge on any atom is 0.262 e. The summed E-state index contributed by atoms with van der Waals surface area (Å²) in [6.45, 7) is 1.38. The Morgan fingerprint density at radius 3 is 2.53 bits per heavy atom. The topological polar surface area (TPSA) is 68.5 Å². The summed E-state index contributed by atoms with van der Waals surface area (Å²) in [6.07, 6.45) is 0. The number of rotatable bonds is 5. The van der Waals surface area contributed by atoms with Gasteiger partial charge in [0.2, 0.25) is 11.2 Å². The van der Waals surface area contributed by atoms with E-state index in [0.29, 0.717) is 5.56 Å². The van der Waals surface area contributed by atoms with Crippen molar-refractivity contribution in [1.29, 1.82) is 0 Å². The van der Waals surface area contributed by atoms with Gasteiger partial charge in [0, 0.05) is 10.6 Å². The molecule has 0 saturated heterocycles. The van der Waals surface area contributed by atoms with Gasteiger partial charge in [-0.25, -0.2) is 4.39 Å². The number of hydrogen-bond acceptors (Lipinski definition) is 4. The van der Waals surface area contributed by atoms with Crippen LogP contribution in [0.4, 0.5) is 10.1 Å². The highest BCUT2D eigenvalue weighted by atomic mass is 35.5. The number of benzene rings is 3. The molecule has 1 N–H and O–H groups in total. The second kappa shape index (κ2) is 9.02. The highest BCUT2D eigenvalue weighted by Gasteiger charge is 2.21. The summed E-state index contributed by atoms with van der Waals surface area (Å²) in [5.74, 6) is -1.29. The standard InChI is InChI=1S/C24H16Cl2FNO4/c1-13-6-8-14(9-7-13)22-24(21(30)16-10-15(25)11-17(26)23(16)32-22)31-12-20(29)28-19-5-3-2-4-18(19)27/h2-11H,12H2,1H3,(H,28,29). The number of ether oxygens (including phenoxy) is 1. The molecule has 1 heterocycles. The zero-order valence-corrected chi connectivity index (χ0v) is 18.3. The van der Waals surface area contributed by atoms with Gasteiger partial charge in [-0.15, -0.1) is 0 Å². The van der Waals surface area contributed by atoms with Gasteiger partial charge in [0.1, 0.15) is 5.82 Å². The number of aryl methyl sites for hydroxylation is 1. The predicted molar refractivity (Wildman–Crippen MR) is 123 cm³/mol. The molecule has 0 radical (unpaired) electrons. The van der Waals surface area contributed by atoms with Gasteiger partial charge in [-0.3, -0.25) is 9.59 Å². The first-order valence-corrected chi connectivity index (χ1v) is 10.3. The van der Waals surface area contributed by atoms with Gasteiger partial charge in [0.15, 0.2) is 18.0 Å². The number of carbonyl (C=O) groups is 1. The molecule has 4 rings (SSSR count). The quantitative estimate of drug-likeness (QED) is 0.374. The largest absolute Gasteiger partial charge is 0.476 e. The second-order valence-electron chi connectivity index (χ2n) is 7.04. The van der Waals surface area contributed by atoms with Gasteiger partial charge in [-0.05, 0) is 31.2 Å². The number of halogens is 3. The summed E-state index contributed by atoms with van der Waals surface area (Å²) in [6, 6.07) is 15.8. The molecule has 1 amide bonds. The number of anilines is 1. The minimum Gasteiger partial charge on any atom is -0.476 e. The van der Waals surface area contributed by atoms with E-state index < -0.39 is 23.8 Å². The fourth-order valence-corrected chi connectivity index (χ4v) is 3.65. The van der Waals surface area contributed by atoms with Crippen LogP contribution in [0.25, 0.3) is 22.3 Å². The Morgan fingerprint density at radius 1 is 1.09 bits per heavy atom. The first-order chi connectivity index (χ1) is 15.3. The molecule has 0 saturated carbocycles. The Morgan fingerprint density at radius 2 is 1.81 bits per heavy atom. The van der Waals surface area contributed by atoms with Crippen molar-refractivity contribution in [3.05, 3.63) is 92.3 Å². The van der Waals surface area contributed by atoms with E-state index in [0.717, 1.165) is 5.56 Å². The molecule has 162 valence electrons. The number of carbonyl (C=O) groups excluding carboxylic acids is 1. The summed E-state index contributed by atoms with van der Waals surface area (Å²) in [5.41, 5.74) is 1.19. The molecule has 0 atom stereocenters. The maximum absolute atomic E-state index is 13.8. The number of hydrogen-bond donors (Lipinski definition) is 1. The van der Waals surface area contributed by atoms with E-state index in [-0.39, 0.29) is 38.2 Å². The van der Waals surface area contributed by atoms with Gasteiger partial charge < -0.3 is 14.5 Å². The van der Waals surface area contributed by atoms with Crippen LogP contribution in [-0.2, 0) is 4.79 Å². The van der Waals surface area contributed by atoms with Gasteiger partial charge in [-0.1, -0.05) is 65.2 Å². The van der Waals surface area contributed by atoms with E-state index in [4.69, 9.17) is 32.4 Å². The monoisotopic (exact) mass is 471 g/mol. The van der Waals surface area contributed by atoms with E-state index in [2.05, 4.69) is 5.32 Å². The Labute approximate surface area is 192 Å². The average Bonchev–Trinajstić information content (AvgIpc) is 2.76. The second-order valence-corrected chi connectivity index (χ2v) is 7.88. The van der Waals surface area contributed by atoms with Crippen LogP contribution in [0.15, 0.2) is 69.9 Å². The molecule has 1 aromatic heterocycles. The summed E-state index contributed by atoms with van der Waals surface area (Å²) in [7, 11) is 0. The third-order valence-corrected chi connectivity index (χ3v) is 5.18. The molecule has 0 fully saturated rings. The van der Waals surface area contributed by atoms with Crippen molar-refractivity contribution < 1.29 is 18.3 Å². The van der Waals surface area contributed by atoms with E-state index in [9.17, 15) is 14.0 Å². The molecule has 0 spiro atoms. The normalized spacial score (nSPS) is 10.9. The Hall–Kier alpha value is -3.35. The molecular weight excluding hydrogens is 456 g/mol. The van der Waals surface area contributed by atoms with Crippen LogP contribution in [0.3, 0.4) is 0 Å². The van der Waals surface area contributed by atoms with Crippen molar-refractivity contribution in [3.63, 3.8) is 0 Å². The van der Waals surface area contributed by atoms with Crippen molar-refractivity contribution in [2.24, 2.45) is 0 Å². The molecule has 0 aliphatic rings. The van der Waals surface area contributed by atoms with Crippen molar-refractivity contribution in [3.8, 4) is 17.1 Å². The van der Waals surface area contributed by atoms with E-state index in [1.165, 1.54) is 30.3 Å². The van der Waals surface area contributed by atoms with Crippen LogP contribution in [0.5, 0.6) is 5.75 Å². The lowest BCUT2D eigenvalue weighted by molar-refractivity contribution is -0.118. The van der Waals surface area contributed by atoms with E-state index in [1.54, 1.807) is 18.2 Å². The van der Waals surface area contributed by atoms with Gasteiger partial charge in [-0.2, -0.15) is 0 Å². The smallest absolute Gasteiger partial charge is 0.262 e. The lowest BCUT2D eigenvalue weighted by Crippen LogP contribution is -2.23. The Balaban J connectivity index is 1.74. The fraction of sp³-hybridized carbons (Fsp3) is 0.0833. The van der Waals surface area contributed by atoms with Gasteiger partial charge in [0.25, 0.3) is 5.91 Å². The van der Waals surface area contributed by atoms with Crippen LogP contribution >= 0.6 is 23.2 Å². The van der Waals surface area contributed by atoms with Crippen LogP contribution in [-0.4, -0.2) is 12.5 Å². The lowest BCUT2D eigenvalue weighted by atomic mass is 10.1. The molecule has 4 aromatic rings. The van der Waals surface area contributed by atoms with Crippen LogP contribution in [0.1, 0.15) is 5.56 Å². The van der Waals surface area contributed by atoms with Gasteiger partial charge in [0.05, 0.1) is 16.1 Å². The molecule has 0 aliphatic heterocycles. The maximum atomic E-state index is 13.8. The first-order valence-electron chi connectivity index (χ1n) is 9.53. The number of fused-ring (bicyclic) bond motifs is 1.